The number of alkyl halides is 3. The van der Waals surface area contributed by atoms with Crippen LogP contribution in [0.1, 0.15) is 28.4 Å². The largest absolute Gasteiger partial charge is 0.467 e. The lowest BCUT2D eigenvalue weighted by atomic mass is 10.00. The Morgan fingerprint density at radius 3 is 2.09 bits per heavy atom. The molecule has 1 aromatic rings. The van der Waals surface area contributed by atoms with Crippen LogP contribution in [0.3, 0.4) is 0 Å². The Bertz CT molecular complexity index is 594. The number of aliphatic hydroxyl groups excluding tert-OH is 2. The van der Waals surface area contributed by atoms with Gasteiger partial charge in [0.05, 0.1) is 13.5 Å². The van der Waals surface area contributed by atoms with Gasteiger partial charge in [-0.1, -0.05) is 24.3 Å². The summed E-state index contributed by atoms with van der Waals surface area (Å²) in [7, 11) is 1.01. The van der Waals surface area contributed by atoms with Crippen LogP contribution in [0.15, 0.2) is 24.3 Å². The molecule has 0 aromatic heterocycles. The molecule has 9 heteroatoms. The van der Waals surface area contributed by atoms with Crippen molar-refractivity contribution in [1.82, 2.24) is 0 Å². The Morgan fingerprint density at radius 1 is 1.13 bits per heavy atom. The van der Waals surface area contributed by atoms with Gasteiger partial charge in [0.25, 0.3) is 0 Å². The summed E-state index contributed by atoms with van der Waals surface area (Å²) in [5.74, 6) is -4.27. The van der Waals surface area contributed by atoms with Gasteiger partial charge >= 0.3 is 12.1 Å². The number of benzene rings is 1. The van der Waals surface area contributed by atoms with Crippen molar-refractivity contribution < 1.29 is 42.5 Å². The maximum atomic E-state index is 12.1. The number of Topliss-reactive ketones (excluding diaryl/α,β-unsaturated/α-hetero) is 2. The van der Waals surface area contributed by atoms with Crippen molar-refractivity contribution >= 4 is 17.5 Å². The summed E-state index contributed by atoms with van der Waals surface area (Å²) < 4.78 is 40.5. The van der Waals surface area contributed by atoms with Crippen molar-refractivity contribution in [2.24, 2.45) is 0 Å². The zero-order chi connectivity index (χ0) is 17.8. The van der Waals surface area contributed by atoms with Crippen LogP contribution in [-0.4, -0.2) is 47.1 Å². The van der Waals surface area contributed by atoms with Crippen LogP contribution in [0.4, 0.5) is 13.2 Å². The lowest BCUT2D eigenvalue weighted by Crippen LogP contribution is -2.29. The number of carbonyl (C=O) groups is 3. The monoisotopic (exact) mass is 334 g/mol. The fourth-order valence-electron chi connectivity index (χ4n) is 1.65. The number of halogens is 3. The normalized spacial score (nSPS) is 14.0. The van der Waals surface area contributed by atoms with Gasteiger partial charge in [-0.25, -0.2) is 4.79 Å². The maximum Gasteiger partial charge on any atom is 0.450 e. The van der Waals surface area contributed by atoms with Gasteiger partial charge < -0.3 is 14.9 Å². The van der Waals surface area contributed by atoms with Crippen LogP contribution in [0, 0.1) is 0 Å². The van der Waals surface area contributed by atoms with E-state index in [9.17, 15) is 37.8 Å². The number of hydrogen-bond acceptors (Lipinski definition) is 6. The summed E-state index contributed by atoms with van der Waals surface area (Å²) in [6.45, 7) is 0. The van der Waals surface area contributed by atoms with Gasteiger partial charge in [-0.05, 0) is 5.56 Å². The number of ketones is 2. The minimum absolute atomic E-state index is 0.0431. The predicted molar refractivity (Wildman–Crippen MR) is 69.4 cm³/mol. The zero-order valence-corrected chi connectivity index (χ0v) is 11.8. The van der Waals surface area contributed by atoms with Crippen LogP contribution >= 0.6 is 0 Å². The molecule has 0 amide bonds. The molecule has 0 saturated heterocycles. The second kappa shape index (κ2) is 7.34. The Kier molecular flexibility index (Phi) is 5.99. The van der Waals surface area contributed by atoms with Crippen LogP contribution in [0.5, 0.6) is 0 Å². The zero-order valence-electron chi connectivity index (χ0n) is 11.8. The van der Waals surface area contributed by atoms with E-state index in [1.54, 1.807) is 0 Å². The van der Waals surface area contributed by atoms with E-state index in [-0.39, 0.29) is 11.1 Å². The minimum Gasteiger partial charge on any atom is -0.467 e. The van der Waals surface area contributed by atoms with Gasteiger partial charge in [-0.3, -0.25) is 9.59 Å². The molecule has 126 valence electrons. The molecular formula is C14H13F3O6. The molecular weight excluding hydrogens is 321 g/mol. The maximum absolute atomic E-state index is 12.1. The van der Waals surface area contributed by atoms with Crippen molar-refractivity contribution in [3.8, 4) is 0 Å². The second-order valence-corrected chi connectivity index (χ2v) is 4.56. The van der Waals surface area contributed by atoms with Crippen LogP contribution < -0.4 is 0 Å². The van der Waals surface area contributed by atoms with Crippen molar-refractivity contribution in [3.05, 3.63) is 35.4 Å². The van der Waals surface area contributed by atoms with Crippen LogP contribution in [-0.2, 0) is 14.3 Å². The third-order valence-corrected chi connectivity index (χ3v) is 2.95. The van der Waals surface area contributed by atoms with Crippen molar-refractivity contribution in [1.29, 1.82) is 0 Å². The molecule has 0 radical (unpaired) electrons. The minimum atomic E-state index is -5.09. The molecule has 0 saturated carbocycles. The first-order valence-electron chi connectivity index (χ1n) is 6.25. The summed E-state index contributed by atoms with van der Waals surface area (Å²) in [5.41, 5.74) is -0.132. The Labute approximate surface area is 128 Å². The molecule has 1 rings (SSSR count). The highest BCUT2D eigenvalue weighted by Gasteiger charge is 2.39. The number of aliphatic hydroxyl groups is 2. The summed E-state index contributed by atoms with van der Waals surface area (Å²) in [6.07, 6.45) is -9.90. The third-order valence-electron chi connectivity index (χ3n) is 2.95. The molecule has 2 unspecified atom stereocenters. The average Bonchev–Trinajstić information content (AvgIpc) is 2.51. The highest BCUT2D eigenvalue weighted by molar-refractivity contribution is 6.09. The predicted octanol–water partition coefficient (Wildman–Crippen LogP) is 0.958. The molecule has 0 spiro atoms. The number of hydrogen-bond donors (Lipinski definition) is 2. The smallest absolute Gasteiger partial charge is 0.450 e. The number of rotatable bonds is 6. The van der Waals surface area contributed by atoms with Crippen molar-refractivity contribution in [2.75, 3.05) is 7.11 Å². The van der Waals surface area contributed by atoms with Gasteiger partial charge in [0.1, 0.15) is 6.10 Å². The van der Waals surface area contributed by atoms with E-state index in [0.717, 1.165) is 31.4 Å². The molecule has 23 heavy (non-hydrogen) atoms. The van der Waals surface area contributed by atoms with Gasteiger partial charge in [0.2, 0.25) is 5.78 Å². The van der Waals surface area contributed by atoms with E-state index in [1.165, 1.54) is 0 Å². The number of carbonyl (C=O) groups excluding carboxylic acids is 3. The fourth-order valence-corrected chi connectivity index (χ4v) is 1.65. The Balaban J connectivity index is 2.82. The first-order chi connectivity index (χ1) is 10.6. The summed E-state index contributed by atoms with van der Waals surface area (Å²) in [6, 6.07) is 4.44. The lowest BCUT2D eigenvalue weighted by molar-refractivity contribution is -0.170. The van der Waals surface area contributed by atoms with Gasteiger partial charge in [-0.15, -0.1) is 0 Å². The van der Waals surface area contributed by atoms with Crippen LogP contribution in [0.25, 0.3) is 0 Å². The number of esters is 1. The summed E-state index contributed by atoms with van der Waals surface area (Å²) >= 11 is 0. The Hall–Kier alpha value is -2.26. The Morgan fingerprint density at radius 2 is 1.65 bits per heavy atom. The van der Waals surface area contributed by atoms with Crippen LogP contribution in [0.2, 0.25) is 0 Å². The van der Waals surface area contributed by atoms with Crippen molar-refractivity contribution in [2.45, 2.75) is 24.8 Å². The van der Waals surface area contributed by atoms with E-state index in [2.05, 4.69) is 4.74 Å². The highest BCUT2D eigenvalue weighted by atomic mass is 19.4. The van der Waals surface area contributed by atoms with Crippen molar-refractivity contribution in [3.63, 3.8) is 0 Å². The second-order valence-electron chi connectivity index (χ2n) is 4.56. The molecule has 2 N–H and O–H groups in total. The first kappa shape index (κ1) is 18.8. The molecule has 0 aliphatic heterocycles. The molecule has 2 atom stereocenters. The van der Waals surface area contributed by atoms with E-state index in [1.807, 2.05) is 0 Å². The average molecular weight is 334 g/mol. The standard InChI is InChI=1S/C14H13F3O6/c1-23-13(22)12(21)11(20)8-4-2-7(3-5-8)9(18)6-10(19)14(15,16)17/h2-5,11-12,20-21H,6H2,1H3. The number of methoxy groups -OCH3 is 1. The van der Waals surface area contributed by atoms with Gasteiger partial charge in [0.15, 0.2) is 11.9 Å². The third kappa shape index (κ3) is 4.86. The molecule has 0 bridgehead atoms. The van der Waals surface area contributed by atoms with E-state index < -0.39 is 42.3 Å². The topological polar surface area (TPSA) is 101 Å². The number of ether oxygens (including phenoxy) is 1. The molecule has 6 nitrogen and oxygen atoms in total. The summed E-state index contributed by atoms with van der Waals surface area (Å²) in [5, 5.41) is 19.2. The molecule has 0 heterocycles. The molecule has 1 aromatic carbocycles. The molecule has 0 aliphatic carbocycles. The molecule has 0 aliphatic rings. The first-order valence-corrected chi connectivity index (χ1v) is 6.25. The van der Waals surface area contributed by atoms with Gasteiger partial charge in [0, 0.05) is 5.56 Å². The lowest BCUT2D eigenvalue weighted by Gasteiger charge is -2.16. The van der Waals surface area contributed by atoms with E-state index >= 15 is 0 Å². The van der Waals surface area contributed by atoms with E-state index in [0.29, 0.717) is 0 Å². The summed E-state index contributed by atoms with van der Waals surface area (Å²) in [4.78, 5) is 33.4. The molecule has 0 fully saturated rings. The van der Waals surface area contributed by atoms with Gasteiger partial charge in [-0.2, -0.15) is 13.2 Å². The van der Waals surface area contributed by atoms with E-state index in [4.69, 9.17) is 0 Å². The highest BCUT2D eigenvalue weighted by Crippen LogP contribution is 2.21. The SMILES string of the molecule is COC(=O)C(O)C(O)c1ccc(C(=O)CC(=O)C(F)(F)F)cc1. The fraction of sp³-hybridized carbons (Fsp3) is 0.357. The quantitative estimate of drug-likeness (QED) is 0.456.